The molecule has 1 aromatic rings. The Morgan fingerprint density at radius 2 is 2.05 bits per heavy atom. The van der Waals surface area contributed by atoms with Gasteiger partial charge in [0.1, 0.15) is 6.79 Å². The molecule has 0 saturated heterocycles. The van der Waals surface area contributed by atoms with Gasteiger partial charge in [-0.25, -0.2) is 4.79 Å². The Bertz CT molecular complexity index is 579. The molecule has 2 unspecified atom stereocenters. The largest absolute Gasteiger partial charge is 0.479 e. The van der Waals surface area contributed by atoms with E-state index in [1.54, 1.807) is 0 Å². The molecule has 1 aromatic carbocycles. The molecule has 0 heterocycles. The minimum Gasteiger partial charge on any atom is -0.479 e. The normalized spacial score (nSPS) is 25.2. The first-order valence-corrected chi connectivity index (χ1v) is 7.40. The van der Waals surface area contributed by atoms with E-state index in [0.717, 1.165) is 11.1 Å². The number of carboxylic acids is 1. The van der Waals surface area contributed by atoms with E-state index < -0.39 is 16.4 Å². The molecular weight excluding hydrogens is 336 g/mol. The molecule has 21 heavy (non-hydrogen) atoms. The molecule has 1 aliphatic carbocycles. The van der Waals surface area contributed by atoms with Crippen LogP contribution in [-0.4, -0.2) is 35.4 Å². The van der Waals surface area contributed by atoms with E-state index in [4.69, 9.17) is 9.47 Å². The van der Waals surface area contributed by atoms with Crippen molar-refractivity contribution in [1.29, 1.82) is 0 Å². The van der Waals surface area contributed by atoms with Crippen molar-refractivity contribution < 1.29 is 19.4 Å². The Hall–Kier alpha value is -1.43. The highest BCUT2D eigenvalue weighted by Gasteiger charge is 2.50. The number of carbonyl (C=O) groups is 1. The number of allylic oxidation sites excluding steroid dienone is 2. The van der Waals surface area contributed by atoms with Crippen LogP contribution in [-0.2, 0) is 14.3 Å². The van der Waals surface area contributed by atoms with E-state index in [1.165, 1.54) is 7.11 Å². The molecule has 0 aliphatic heterocycles. The van der Waals surface area contributed by atoms with Crippen molar-refractivity contribution in [3.8, 4) is 0 Å². The highest BCUT2D eigenvalue weighted by molar-refractivity contribution is 9.09. The third-order valence-corrected chi connectivity index (χ3v) is 4.29. The van der Waals surface area contributed by atoms with Gasteiger partial charge < -0.3 is 14.6 Å². The van der Waals surface area contributed by atoms with E-state index in [9.17, 15) is 9.90 Å². The van der Waals surface area contributed by atoms with E-state index in [1.807, 2.05) is 49.4 Å². The van der Waals surface area contributed by atoms with Crippen molar-refractivity contribution in [3.05, 3.63) is 53.6 Å². The third-order valence-electron chi connectivity index (χ3n) is 3.38. The number of ether oxygens (including phenoxy) is 2. The van der Waals surface area contributed by atoms with E-state index in [-0.39, 0.29) is 6.79 Å². The Balaban J connectivity index is 2.58. The summed E-state index contributed by atoms with van der Waals surface area (Å²) in [6.45, 7) is 1.82. The molecule has 2 atom stereocenters. The molecule has 0 spiro atoms. The molecule has 2 rings (SSSR count). The van der Waals surface area contributed by atoms with Gasteiger partial charge in [0, 0.05) is 12.7 Å². The summed E-state index contributed by atoms with van der Waals surface area (Å²) in [6, 6.07) is 9.38. The van der Waals surface area contributed by atoms with Crippen molar-refractivity contribution in [1.82, 2.24) is 0 Å². The van der Waals surface area contributed by atoms with Crippen LogP contribution >= 0.6 is 15.9 Å². The van der Waals surface area contributed by atoms with Gasteiger partial charge in [0.05, 0.1) is 4.83 Å². The number of halogens is 1. The summed E-state index contributed by atoms with van der Waals surface area (Å²) in [4.78, 5) is 11.5. The van der Waals surface area contributed by atoms with E-state index in [2.05, 4.69) is 15.9 Å². The predicted octanol–water partition coefficient (Wildman–Crippen LogP) is 3.24. The van der Waals surface area contributed by atoms with Crippen LogP contribution in [0.5, 0.6) is 0 Å². The zero-order valence-corrected chi connectivity index (χ0v) is 13.5. The second-order valence-corrected chi connectivity index (χ2v) is 5.81. The lowest BCUT2D eigenvalue weighted by Gasteiger charge is -2.37. The summed E-state index contributed by atoms with van der Waals surface area (Å²) < 4.78 is 10.6. The fourth-order valence-electron chi connectivity index (χ4n) is 2.40. The van der Waals surface area contributed by atoms with Crippen LogP contribution in [0.25, 0.3) is 5.57 Å². The molecule has 5 heteroatoms. The van der Waals surface area contributed by atoms with Crippen LogP contribution in [0.2, 0.25) is 0 Å². The molecule has 1 aliphatic rings. The third kappa shape index (κ3) is 2.95. The average molecular weight is 353 g/mol. The van der Waals surface area contributed by atoms with Gasteiger partial charge in [-0.05, 0) is 12.5 Å². The Morgan fingerprint density at radius 1 is 1.38 bits per heavy atom. The van der Waals surface area contributed by atoms with Gasteiger partial charge in [0.25, 0.3) is 0 Å². The molecule has 0 bridgehead atoms. The van der Waals surface area contributed by atoms with Gasteiger partial charge in [-0.2, -0.15) is 0 Å². The molecule has 0 saturated carbocycles. The highest BCUT2D eigenvalue weighted by Crippen LogP contribution is 2.42. The van der Waals surface area contributed by atoms with Crippen molar-refractivity contribution in [3.63, 3.8) is 0 Å². The molecule has 0 amide bonds. The second kappa shape index (κ2) is 6.56. The number of rotatable bonds is 5. The fourth-order valence-corrected chi connectivity index (χ4v) is 3.39. The standard InChI is InChI=1S/C16H17BrO4/c1-11-8-13(12-6-4-3-5-7-12)16(15(18)19,14(17)9-11)21-10-20-2/h3-9,14H,10H2,1-2H3,(H,18,19). The number of aliphatic carboxylic acids is 1. The van der Waals surface area contributed by atoms with Gasteiger partial charge >= 0.3 is 5.97 Å². The number of hydrogen-bond acceptors (Lipinski definition) is 3. The van der Waals surface area contributed by atoms with Crippen LogP contribution in [0, 0.1) is 0 Å². The summed E-state index contributed by atoms with van der Waals surface area (Å²) in [5.74, 6) is -1.06. The summed E-state index contributed by atoms with van der Waals surface area (Å²) in [6.07, 6.45) is 3.67. The van der Waals surface area contributed by atoms with Crippen LogP contribution in [0.3, 0.4) is 0 Å². The SMILES string of the molecule is COCOC1(C(=O)O)C(c2ccccc2)=CC(C)=CC1Br. The molecule has 1 N–H and O–H groups in total. The summed E-state index contributed by atoms with van der Waals surface area (Å²) in [5, 5.41) is 9.82. The smallest absolute Gasteiger partial charge is 0.342 e. The lowest BCUT2D eigenvalue weighted by atomic mass is 9.80. The maximum Gasteiger partial charge on any atom is 0.342 e. The summed E-state index contributed by atoms with van der Waals surface area (Å²) in [7, 11) is 1.47. The number of benzene rings is 1. The van der Waals surface area contributed by atoms with Gasteiger partial charge in [0.15, 0.2) is 0 Å². The Morgan fingerprint density at radius 3 is 2.62 bits per heavy atom. The monoisotopic (exact) mass is 352 g/mol. The number of hydrogen-bond donors (Lipinski definition) is 1. The maximum absolute atomic E-state index is 12.0. The molecule has 0 aromatic heterocycles. The topological polar surface area (TPSA) is 55.8 Å². The molecular formula is C16H17BrO4. The Labute approximate surface area is 132 Å². The Kier molecular flexibility index (Phi) is 4.98. The van der Waals surface area contributed by atoms with Crippen molar-refractivity contribution >= 4 is 27.5 Å². The summed E-state index contributed by atoms with van der Waals surface area (Å²) >= 11 is 3.44. The van der Waals surface area contributed by atoms with Crippen LogP contribution in [0.1, 0.15) is 12.5 Å². The van der Waals surface area contributed by atoms with Crippen LogP contribution < -0.4 is 0 Å². The minimum absolute atomic E-state index is 0.106. The van der Waals surface area contributed by atoms with Gasteiger partial charge in [-0.3, -0.25) is 0 Å². The maximum atomic E-state index is 12.0. The molecule has 0 fully saturated rings. The highest BCUT2D eigenvalue weighted by atomic mass is 79.9. The number of methoxy groups -OCH3 is 1. The second-order valence-electron chi connectivity index (χ2n) is 4.83. The van der Waals surface area contributed by atoms with Gasteiger partial charge in [-0.1, -0.05) is 64.0 Å². The van der Waals surface area contributed by atoms with Crippen LogP contribution in [0.15, 0.2) is 48.1 Å². The average Bonchev–Trinajstić information content (AvgIpc) is 2.46. The fraction of sp³-hybridized carbons (Fsp3) is 0.312. The minimum atomic E-state index is -1.52. The van der Waals surface area contributed by atoms with Crippen molar-refractivity contribution in [2.24, 2.45) is 0 Å². The number of alkyl halides is 1. The van der Waals surface area contributed by atoms with Crippen molar-refractivity contribution in [2.75, 3.05) is 13.9 Å². The zero-order chi connectivity index (χ0) is 15.5. The lowest BCUT2D eigenvalue weighted by molar-refractivity contribution is -0.168. The van der Waals surface area contributed by atoms with Gasteiger partial charge in [-0.15, -0.1) is 0 Å². The molecule has 112 valence electrons. The van der Waals surface area contributed by atoms with E-state index in [0.29, 0.717) is 5.57 Å². The molecule has 0 radical (unpaired) electrons. The first-order valence-electron chi connectivity index (χ1n) is 6.48. The predicted molar refractivity (Wildman–Crippen MR) is 84.2 cm³/mol. The first-order chi connectivity index (χ1) is 10.0. The van der Waals surface area contributed by atoms with Crippen LogP contribution in [0.4, 0.5) is 0 Å². The quantitative estimate of drug-likeness (QED) is 0.652. The zero-order valence-electron chi connectivity index (χ0n) is 11.9. The number of carboxylic acid groups (broad SMARTS) is 1. The summed E-state index contributed by atoms with van der Waals surface area (Å²) in [5.41, 5.74) is 0.882. The first kappa shape index (κ1) is 15.9. The van der Waals surface area contributed by atoms with Crippen molar-refractivity contribution in [2.45, 2.75) is 17.4 Å². The molecule has 4 nitrogen and oxygen atoms in total. The van der Waals surface area contributed by atoms with Gasteiger partial charge in [0.2, 0.25) is 5.60 Å². The lowest BCUT2D eigenvalue weighted by Crippen LogP contribution is -2.51. The van der Waals surface area contributed by atoms with E-state index >= 15 is 0 Å².